The highest BCUT2D eigenvalue weighted by molar-refractivity contribution is 7.65. The maximum Gasteiger partial charge on any atom is 0.227 e. The summed E-state index contributed by atoms with van der Waals surface area (Å²) in [4.78, 5) is 9.78. The van der Waals surface area contributed by atoms with E-state index in [1.165, 1.54) is 6.66 Å². The maximum atomic E-state index is 11.9. The van der Waals surface area contributed by atoms with Gasteiger partial charge in [-0.1, -0.05) is 42.5 Å². The quantitative estimate of drug-likeness (QED) is 0.826. The van der Waals surface area contributed by atoms with Crippen molar-refractivity contribution in [2.75, 3.05) is 6.66 Å². The number of benzene rings is 2. The summed E-state index contributed by atoms with van der Waals surface area (Å²) in [6.07, 6.45) is 0. The van der Waals surface area contributed by atoms with E-state index in [4.69, 9.17) is 0 Å². The van der Waals surface area contributed by atoms with Gasteiger partial charge in [0, 0.05) is 12.0 Å². The maximum absolute atomic E-state index is 11.9. The van der Waals surface area contributed by atoms with Crippen LogP contribution in [0.2, 0.25) is 0 Å². The molecular weight excluding hydrogens is 231 g/mol. The largest absolute Gasteiger partial charge is 0.341 e. The Balaban J connectivity index is 2.69. The average Bonchev–Trinajstić information content (AvgIpc) is 2.28. The molecule has 0 saturated carbocycles. The van der Waals surface area contributed by atoms with Crippen molar-refractivity contribution in [3.63, 3.8) is 0 Å². The predicted octanol–water partition coefficient (Wildman–Crippen LogP) is 3.19. The molecule has 0 radical (unpaired) electrons. The monoisotopic (exact) mass is 246 g/mol. The molecular formula is C14H15O2P. The highest BCUT2D eigenvalue weighted by Crippen LogP contribution is 2.38. The molecule has 1 unspecified atom stereocenters. The molecule has 0 heterocycles. The normalized spacial score (nSPS) is 14.3. The van der Waals surface area contributed by atoms with Gasteiger partial charge in [-0.25, -0.2) is 0 Å². The first-order chi connectivity index (χ1) is 8.00. The topological polar surface area (TPSA) is 37.3 Å². The third-order valence-corrected chi connectivity index (χ3v) is 4.07. The summed E-state index contributed by atoms with van der Waals surface area (Å²) in [5.41, 5.74) is 2.96. The molecule has 0 fully saturated rings. The standard InChI is InChI=1S/C14H15O2P/c1-11-7-3-4-8-12(11)13-9-5-6-10-14(13)17(2,15)16/h3-10H,1-2H3,(H,15,16). The second-order valence-electron chi connectivity index (χ2n) is 4.21. The average molecular weight is 246 g/mol. The second-order valence-corrected chi connectivity index (χ2v) is 6.45. The zero-order chi connectivity index (χ0) is 12.5. The highest BCUT2D eigenvalue weighted by Gasteiger charge is 2.19. The second kappa shape index (κ2) is 4.48. The van der Waals surface area contributed by atoms with Gasteiger partial charge in [0.15, 0.2) is 0 Å². The lowest BCUT2D eigenvalue weighted by molar-refractivity contribution is 0.496. The van der Waals surface area contributed by atoms with Crippen molar-refractivity contribution in [2.24, 2.45) is 0 Å². The van der Waals surface area contributed by atoms with Gasteiger partial charge in [-0.05, 0) is 29.7 Å². The summed E-state index contributed by atoms with van der Waals surface area (Å²) in [6.45, 7) is 3.38. The van der Waals surface area contributed by atoms with Crippen LogP contribution in [0.15, 0.2) is 48.5 Å². The number of rotatable bonds is 2. The smallest absolute Gasteiger partial charge is 0.227 e. The summed E-state index contributed by atoms with van der Waals surface area (Å²) in [7, 11) is -3.24. The predicted molar refractivity (Wildman–Crippen MR) is 72.0 cm³/mol. The zero-order valence-electron chi connectivity index (χ0n) is 9.92. The summed E-state index contributed by atoms with van der Waals surface area (Å²) < 4.78 is 11.9. The molecule has 0 aliphatic heterocycles. The minimum absolute atomic E-state index is 0.523. The Labute approximate surface area is 101 Å². The third-order valence-electron chi connectivity index (χ3n) is 2.79. The molecule has 2 rings (SSSR count). The first-order valence-electron chi connectivity index (χ1n) is 5.46. The molecule has 88 valence electrons. The fourth-order valence-electron chi connectivity index (χ4n) is 1.94. The molecule has 1 atom stereocenters. The molecule has 0 aliphatic rings. The SMILES string of the molecule is Cc1ccccc1-c1ccccc1P(C)(=O)O. The molecule has 2 nitrogen and oxygen atoms in total. The Kier molecular flexibility index (Phi) is 3.19. The van der Waals surface area contributed by atoms with Gasteiger partial charge in [0.25, 0.3) is 0 Å². The third kappa shape index (κ3) is 2.49. The van der Waals surface area contributed by atoms with Gasteiger partial charge in [-0.15, -0.1) is 0 Å². The van der Waals surface area contributed by atoms with Crippen molar-refractivity contribution in [1.29, 1.82) is 0 Å². The van der Waals surface area contributed by atoms with E-state index < -0.39 is 7.37 Å². The van der Waals surface area contributed by atoms with Crippen molar-refractivity contribution >= 4 is 12.7 Å². The zero-order valence-corrected chi connectivity index (χ0v) is 10.8. The molecule has 3 heteroatoms. The Morgan fingerprint density at radius 2 is 1.47 bits per heavy atom. The molecule has 1 N–H and O–H groups in total. The number of aryl methyl sites for hydroxylation is 1. The van der Waals surface area contributed by atoms with E-state index >= 15 is 0 Å². The Hall–Kier alpha value is -1.37. The van der Waals surface area contributed by atoms with Gasteiger partial charge in [-0.2, -0.15) is 0 Å². The van der Waals surface area contributed by atoms with E-state index in [-0.39, 0.29) is 0 Å². The van der Waals surface area contributed by atoms with Gasteiger partial charge in [0.1, 0.15) is 0 Å². The van der Waals surface area contributed by atoms with Crippen LogP contribution in [0.4, 0.5) is 0 Å². The van der Waals surface area contributed by atoms with Crippen LogP contribution in [0.3, 0.4) is 0 Å². The lowest BCUT2D eigenvalue weighted by atomic mass is 10.0. The summed E-state index contributed by atoms with van der Waals surface area (Å²) in [6, 6.07) is 15.2. The van der Waals surface area contributed by atoms with Crippen LogP contribution in [-0.2, 0) is 4.57 Å². The van der Waals surface area contributed by atoms with Gasteiger partial charge in [0.2, 0.25) is 7.37 Å². The molecule has 0 aromatic heterocycles. The van der Waals surface area contributed by atoms with E-state index in [1.54, 1.807) is 12.1 Å². The lowest BCUT2D eigenvalue weighted by Crippen LogP contribution is -2.07. The van der Waals surface area contributed by atoms with Crippen molar-refractivity contribution in [3.05, 3.63) is 54.1 Å². The van der Waals surface area contributed by atoms with Crippen LogP contribution >= 0.6 is 7.37 Å². The molecule has 0 spiro atoms. The molecule has 17 heavy (non-hydrogen) atoms. The minimum atomic E-state index is -3.24. The fraction of sp³-hybridized carbons (Fsp3) is 0.143. The first-order valence-corrected chi connectivity index (χ1v) is 7.56. The van der Waals surface area contributed by atoms with Crippen LogP contribution in [-0.4, -0.2) is 11.6 Å². The van der Waals surface area contributed by atoms with Crippen molar-refractivity contribution < 1.29 is 9.46 Å². The van der Waals surface area contributed by atoms with Gasteiger partial charge >= 0.3 is 0 Å². The van der Waals surface area contributed by atoms with E-state index in [2.05, 4.69) is 0 Å². The van der Waals surface area contributed by atoms with Crippen LogP contribution in [0.5, 0.6) is 0 Å². The molecule has 0 bridgehead atoms. The minimum Gasteiger partial charge on any atom is -0.341 e. The van der Waals surface area contributed by atoms with Crippen LogP contribution < -0.4 is 5.30 Å². The van der Waals surface area contributed by atoms with Crippen LogP contribution in [0.25, 0.3) is 11.1 Å². The van der Waals surface area contributed by atoms with Gasteiger partial charge < -0.3 is 4.89 Å². The van der Waals surface area contributed by atoms with Gasteiger partial charge in [0.05, 0.1) is 0 Å². The number of hydrogen-bond donors (Lipinski definition) is 1. The van der Waals surface area contributed by atoms with Crippen LogP contribution in [0, 0.1) is 6.92 Å². The molecule has 0 aliphatic carbocycles. The summed E-state index contributed by atoms with van der Waals surface area (Å²) in [5.74, 6) is 0. The number of hydrogen-bond acceptors (Lipinski definition) is 1. The Morgan fingerprint density at radius 3 is 2.06 bits per heavy atom. The van der Waals surface area contributed by atoms with Crippen molar-refractivity contribution in [3.8, 4) is 11.1 Å². The highest BCUT2D eigenvalue weighted by atomic mass is 31.2. The van der Waals surface area contributed by atoms with Gasteiger partial charge in [-0.3, -0.25) is 4.57 Å². The van der Waals surface area contributed by atoms with E-state index in [0.29, 0.717) is 5.30 Å². The van der Waals surface area contributed by atoms with Crippen LogP contribution in [0.1, 0.15) is 5.56 Å². The molecule has 2 aromatic rings. The van der Waals surface area contributed by atoms with E-state index in [9.17, 15) is 9.46 Å². The summed E-state index contributed by atoms with van der Waals surface area (Å²) in [5, 5.41) is 0.523. The molecule has 2 aromatic carbocycles. The van der Waals surface area contributed by atoms with Crippen molar-refractivity contribution in [2.45, 2.75) is 6.92 Å². The van der Waals surface area contributed by atoms with E-state index in [1.807, 2.05) is 43.3 Å². The van der Waals surface area contributed by atoms with E-state index in [0.717, 1.165) is 16.7 Å². The van der Waals surface area contributed by atoms with Crippen molar-refractivity contribution in [1.82, 2.24) is 0 Å². The summed E-state index contributed by atoms with van der Waals surface area (Å²) >= 11 is 0. The lowest BCUT2D eigenvalue weighted by Gasteiger charge is -2.13. The Morgan fingerprint density at radius 1 is 0.941 bits per heavy atom. The fourth-order valence-corrected chi connectivity index (χ4v) is 2.94. The Bertz CT molecular complexity index is 584. The molecule has 0 amide bonds. The molecule has 0 saturated heterocycles. The first kappa shape index (κ1) is 12.1.